The van der Waals surface area contributed by atoms with Crippen LogP contribution < -0.4 is 0 Å². The van der Waals surface area contributed by atoms with Crippen LogP contribution in [0.5, 0.6) is 0 Å². The number of hydrogen-bond acceptors (Lipinski definition) is 2. The first kappa shape index (κ1) is 4.44. The van der Waals surface area contributed by atoms with Crippen molar-refractivity contribution in [3.8, 4) is 0 Å². The summed E-state index contributed by atoms with van der Waals surface area (Å²) in [7, 11) is 1.09. The van der Waals surface area contributed by atoms with Gasteiger partial charge in [-0.25, -0.2) is 0 Å². The van der Waals surface area contributed by atoms with Crippen molar-refractivity contribution in [2.24, 2.45) is 0 Å². The summed E-state index contributed by atoms with van der Waals surface area (Å²) in [5.74, 6) is 0. The molecule has 0 heterocycles. The highest BCUT2D eigenvalue weighted by molar-refractivity contribution is 8.69. The minimum atomic E-state index is 1.09. The lowest BCUT2D eigenvalue weighted by Gasteiger charge is -1.56. The monoisotopic (exact) mass is 90.0 g/mol. The lowest BCUT2D eigenvalue weighted by atomic mass is 11.3. The Morgan fingerprint density at radius 1 is 2.00 bits per heavy atom. The van der Waals surface area contributed by atoms with Gasteiger partial charge in [0.1, 0.15) is 0 Å². The molecule has 0 aliphatic heterocycles. The van der Waals surface area contributed by atoms with E-state index in [9.17, 15) is 0 Å². The van der Waals surface area contributed by atoms with Gasteiger partial charge < -0.3 is 0 Å². The fourth-order valence-electron chi connectivity index (χ4n) is 0. The van der Waals surface area contributed by atoms with Crippen molar-refractivity contribution >= 4 is 22.5 Å². The maximum atomic E-state index is 6.21. The highest BCUT2D eigenvalue weighted by Gasteiger charge is 1.46. The van der Waals surface area contributed by atoms with Crippen LogP contribution in [0.15, 0.2) is 5.41 Å². The van der Waals surface area contributed by atoms with Crippen LogP contribution in [-0.2, 0) is 0 Å². The predicted octanol–water partition coefficient (Wildman–Crippen LogP) is 1.39. The van der Waals surface area contributed by atoms with Gasteiger partial charge in [0.25, 0.3) is 0 Å². The Morgan fingerprint density at radius 3 is 2.25 bits per heavy atom. The molecule has 0 fully saturated rings. The zero-order valence-electron chi connectivity index (χ0n) is 1.93. The minimum Gasteiger partial charge on any atom is -0.107 e. The van der Waals surface area contributed by atoms with E-state index in [0.717, 1.165) is 16.2 Å². The second-order valence-corrected chi connectivity index (χ2v) is 1.30. The van der Waals surface area contributed by atoms with Crippen LogP contribution in [-0.4, -0.2) is 0 Å². The van der Waals surface area contributed by atoms with Gasteiger partial charge in [-0.15, -0.1) is 11.7 Å². The topological polar surface area (TPSA) is 0 Å². The Labute approximate surface area is 35.1 Å². The van der Waals surface area contributed by atoms with Crippen LogP contribution >= 0.6 is 22.5 Å². The van der Waals surface area contributed by atoms with Crippen molar-refractivity contribution in [3.63, 3.8) is 0 Å². The molecule has 0 aromatic rings. The van der Waals surface area contributed by atoms with Crippen LogP contribution in [0.1, 0.15) is 0 Å². The molecule has 0 amide bonds. The molecule has 0 aliphatic carbocycles. The molecule has 0 bridgehead atoms. The van der Waals surface area contributed by atoms with Gasteiger partial charge in [0, 0.05) is 0 Å². The van der Waals surface area contributed by atoms with Crippen molar-refractivity contribution in [1.82, 2.24) is 0 Å². The molecule has 22 valence electrons. The first-order chi connectivity index (χ1) is 1.91. The molecule has 4 heavy (non-hydrogen) atoms. The summed E-state index contributed by atoms with van der Waals surface area (Å²) in [6.07, 6.45) is 0. The number of thiol groups is 1. The molecule has 0 nitrogen and oxygen atoms in total. The molecule has 0 aromatic heterocycles. The summed E-state index contributed by atoms with van der Waals surface area (Å²) < 4.78 is 0. The number of rotatable bonds is 1. The lowest BCUT2D eigenvalue weighted by molar-refractivity contribution is 2.57. The van der Waals surface area contributed by atoms with E-state index < -0.39 is 0 Å². The van der Waals surface area contributed by atoms with Gasteiger partial charge in [-0.3, -0.25) is 0 Å². The summed E-state index contributed by atoms with van der Waals surface area (Å²) in [6.45, 7) is 6.21. The first-order valence-corrected chi connectivity index (χ1v) is 2.64. The van der Waals surface area contributed by atoms with Gasteiger partial charge in [0.15, 0.2) is 0 Å². The highest BCUT2D eigenvalue weighted by atomic mass is 33.1. The summed E-state index contributed by atoms with van der Waals surface area (Å²) in [5.41, 5.74) is 0. The fourth-order valence-corrected chi connectivity index (χ4v) is 0. The van der Waals surface area contributed by atoms with Gasteiger partial charge >= 0.3 is 0 Å². The standard InChI is InChI=1S/C2H2S2/c1-2-4-3/h2-3H. The Kier molecular flexibility index (Phi) is 3.82. The van der Waals surface area contributed by atoms with Crippen LogP contribution in [0, 0.1) is 6.58 Å². The molecule has 0 saturated heterocycles. The summed E-state index contributed by atoms with van der Waals surface area (Å²) in [5, 5.41) is 1.16. The van der Waals surface area contributed by atoms with E-state index in [0.29, 0.717) is 0 Å². The third-order valence-electron chi connectivity index (χ3n) is 0.0527. The fraction of sp³-hybridized carbons (Fsp3) is 0. The Balaban J connectivity index is 2.30. The summed E-state index contributed by atoms with van der Waals surface area (Å²) in [4.78, 5) is 0. The van der Waals surface area contributed by atoms with Crippen molar-refractivity contribution in [3.05, 3.63) is 12.0 Å². The molecule has 0 unspecified atom stereocenters. The van der Waals surface area contributed by atoms with Gasteiger partial charge in [0.2, 0.25) is 0 Å². The first-order valence-electron chi connectivity index (χ1n) is 0.707. The lowest BCUT2D eigenvalue weighted by Crippen LogP contribution is -1.11. The maximum Gasteiger partial charge on any atom is -0.00160 e. The Morgan fingerprint density at radius 2 is 2.25 bits per heavy atom. The molecular weight excluding hydrogens is 88.2 g/mol. The quantitative estimate of drug-likeness (QED) is 0.375. The Hall–Kier alpha value is 0.440. The van der Waals surface area contributed by atoms with Gasteiger partial charge in [-0.1, -0.05) is 10.8 Å². The average Bonchev–Trinajstić information content (AvgIpc) is 1.37. The van der Waals surface area contributed by atoms with Crippen LogP contribution in [0.2, 0.25) is 0 Å². The molecule has 2 heteroatoms. The van der Waals surface area contributed by atoms with E-state index in [1.165, 1.54) is 0 Å². The summed E-state index contributed by atoms with van der Waals surface area (Å²) >= 11 is 3.59. The van der Waals surface area contributed by atoms with Crippen molar-refractivity contribution in [2.75, 3.05) is 0 Å². The minimum absolute atomic E-state index is 1.09. The van der Waals surface area contributed by atoms with E-state index in [2.05, 4.69) is 11.7 Å². The molecule has 2 radical (unpaired) electrons. The number of hydrogen-bond donors (Lipinski definition) is 1. The molecule has 0 atom stereocenters. The van der Waals surface area contributed by atoms with Crippen molar-refractivity contribution < 1.29 is 0 Å². The van der Waals surface area contributed by atoms with E-state index >= 15 is 0 Å². The van der Waals surface area contributed by atoms with Crippen LogP contribution in [0.4, 0.5) is 0 Å². The largest absolute Gasteiger partial charge is 0.107 e. The molecule has 0 aromatic carbocycles. The highest BCUT2D eigenvalue weighted by Crippen LogP contribution is 2.01. The second kappa shape index (κ2) is 3.44. The third kappa shape index (κ3) is 2.44. The summed E-state index contributed by atoms with van der Waals surface area (Å²) in [6, 6.07) is 0. The normalized spacial score (nSPS) is 6.25. The van der Waals surface area contributed by atoms with E-state index in [1.54, 1.807) is 0 Å². The smallest absolute Gasteiger partial charge is 0.00160 e. The maximum absolute atomic E-state index is 6.21. The molecular formula is C2H2S2. The second-order valence-electron chi connectivity index (χ2n) is 0.223. The SMILES string of the molecule is [C]=CSS. The molecule has 0 saturated carbocycles. The molecule has 0 rings (SSSR count). The van der Waals surface area contributed by atoms with Gasteiger partial charge in [-0.2, -0.15) is 0 Å². The third-order valence-corrected chi connectivity index (χ3v) is 0.474. The molecule has 0 N–H and O–H groups in total. The van der Waals surface area contributed by atoms with E-state index in [-0.39, 0.29) is 0 Å². The predicted molar refractivity (Wildman–Crippen MR) is 24.4 cm³/mol. The van der Waals surface area contributed by atoms with Crippen LogP contribution in [0.3, 0.4) is 0 Å². The van der Waals surface area contributed by atoms with Crippen molar-refractivity contribution in [2.45, 2.75) is 0 Å². The van der Waals surface area contributed by atoms with Gasteiger partial charge in [-0.05, 0) is 12.0 Å². The van der Waals surface area contributed by atoms with E-state index in [4.69, 9.17) is 6.58 Å². The molecule has 0 spiro atoms. The zero-order valence-corrected chi connectivity index (χ0v) is 3.64. The zero-order chi connectivity index (χ0) is 3.41. The van der Waals surface area contributed by atoms with Crippen LogP contribution in [0.25, 0.3) is 0 Å². The van der Waals surface area contributed by atoms with E-state index in [1.807, 2.05) is 0 Å². The van der Waals surface area contributed by atoms with Gasteiger partial charge in [0.05, 0.1) is 0 Å². The average molecular weight is 90.2 g/mol. The Bertz CT molecular complexity index is 18.0. The van der Waals surface area contributed by atoms with Crippen molar-refractivity contribution in [1.29, 1.82) is 0 Å². The molecule has 0 aliphatic rings.